The van der Waals surface area contributed by atoms with Gasteiger partial charge in [0, 0.05) is 29.9 Å². The van der Waals surface area contributed by atoms with Crippen LogP contribution < -0.4 is 10.2 Å². The third-order valence-electron chi connectivity index (χ3n) is 4.64. The smallest absolute Gasteiger partial charge is 0.329 e. The highest BCUT2D eigenvalue weighted by molar-refractivity contribution is 6.30. The van der Waals surface area contributed by atoms with Gasteiger partial charge in [0.25, 0.3) is 0 Å². The number of aliphatic hydroxyl groups excluding tert-OH is 1. The number of nitrogens with one attached hydrogen (secondary N) is 1. The van der Waals surface area contributed by atoms with Crippen LogP contribution in [-0.4, -0.2) is 39.2 Å². The number of piperidine rings is 1. The molecule has 2 N–H and O–H groups in total. The Kier molecular flexibility index (Phi) is 6.41. The molecule has 0 radical (unpaired) electrons. The molecule has 27 heavy (non-hydrogen) atoms. The quantitative estimate of drug-likeness (QED) is 0.544. The van der Waals surface area contributed by atoms with Gasteiger partial charge in [0.2, 0.25) is 11.8 Å². The number of anilines is 3. The number of nitrogens with zero attached hydrogens (tertiary/aromatic N) is 4. The molecule has 9 heteroatoms. The van der Waals surface area contributed by atoms with Crippen molar-refractivity contribution in [3.05, 3.63) is 45.6 Å². The van der Waals surface area contributed by atoms with E-state index in [9.17, 15) is 10.1 Å². The first-order valence-corrected chi connectivity index (χ1v) is 9.38. The van der Waals surface area contributed by atoms with Gasteiger partial charge >= 0.3 is 5.69 Å². The largest absolute Gasteiger partial charge is 0.396 e. The lowest BCUT2D eigenvalue weighted by Crippen LogP contribution is -2.40. The van der Waals surface area contributed by atoms with Crippen LogP contribution in [0.1, 0.15) is 32.1 Å². The Labute approximate surface area is 162 Å². The number of hydrogen-bond acceptors (Lipinski definition) is 7. The van der Waals surface area contributed by atoms with E-state index in [2.05, 4.69) is 15.3 Å². The second-order valence-electron chi connectivity index (χ2n) is 6.50. The molecule has 8 nitrogen and oxygen atoms in total. The molecule has 1 aromatic carbocycles. The van der Waals surface area contributed by atoms with Gasteiger partial charge in [0.1, 0.15) is 6.20 Å². The molecule has 1 atom stereocenters. The summed E-state index contributed by atoms with van der Waals surface area (Å²) in [5.74, 6) is 0.624. The number of rotatable bonds is 7. The summed E-state index contributed by atoms with van der Waals surface area (Å²) in [4.78, 5) is 21.6. The van der Waals surface area contributed by atoms with Gasteiger partial charge in [-0.3, -0.25) is 10.1 Å². The molecular formula is C18H22ClN5O3. The van der Waals surface area contributed by atoms with Gasteiger partial charge in [0.15, 0.2) is 0 Å². The van der Waals surface area contributed by atoms with Crippen LogP contribution in [0.2, 0.25) is 5.02 Å². The number of aliphatic hydroxyl groups is 1. The molecular weight excluding hydrogens is 370 g/mol. The Hall–Kier alpha value is -2.45. The monoisotopic (exact) mass is 391 g/mol. The van der Waals surface area contributed by atoms with Crippen molar-refractivity contribution >= 4 is 34.7 Å². The third-order valence-corrected chi connectivity index (χ3v) is 4.89. The minimum Gasteiger partial charge on any atom is -0.396 e. The fourth-order valence-corrected chi connectivity index (χ4v) is 3.46. The summed E-state index contributed by atoms with van der Waals surface area (Å²) in [5.41, 5.74) is 0.641. The lowest BCUT2D eigenvalue weighted by atomic mass is 9.98. The SMILES string of the molecule is O=[N+]([O-])c1cnc(Nc2ccc(Cl)cc2)nc1N1CCCCC1CCCO. The van der Waals surface area contributed by atoms with Crippen molar-refractivity contribution in [3.63, 3.8) is 0 Å². The van der Waals surface area contributed by atoms with Crippen molar-refractivity contribution in [2.45, 2.75) is 38.1 Å². The lowest BCUT2D eigenvalue weighted by Gasteiger charge is -2.36. The molecule has 2 heterocycles. The maximum atomic E-state index is 11.5. The zero-order chi connectivity index (χ0) is 19.2. The van der Waals surface area contributed by atoms with E-state index in [1.165, 1.54) is 6.20 Å². The lowest BCUT2D eigenvalue weighted by molar-refractivity contribution is -0.384. The highest BCUT2D eigenvalue weighted by Crippen LogP contribution is 2.33. The summed E-state index contributed by atoms with van der Waals surface area (Å²) in [6.45, 7) is 0.813. The zero-order valence-electron chi connectivity index (χ0n) is 14.8. The highest BCUT2D eigenvalue weighted by Gasteiger charge is 2.30. The molecule has 2 aromatic rings. The predicted octanol–water partition coefficient (Wildman–Crippen LogP) is 3.91. The van der Waals surface area contributed by atoms with Gasteiger partial charge in [0.05, 0.1) is 4.92 Å². The van der Waals surface area contributed by atoms with E-state index in [0.717, 1.165) is 31.4 Å². The van der Waals surface area contributed by atoms with Gasteiger partial charge in [-0.15, -0.1) is 0 Å². The topological polar surface area (TPSA) is 104 Å². The van der Waals surface area contributed by atoms with Crippen LogP contribution in [0.15, 0.2) is 30.5 Å². The van der Waals surface area contributed by atoms with E-state index in [4.69, 9.17) is 16.7 Å². The van der Waals surface area contributed by atoms with Crippen molar-refractivity contribution in [1.82, 2.24) is 9.97 Å². The molecule has 1 unspecified atom stereocenters. The Morgan fingerprint density at radius 1 is 1.33 bits per heavy atom. The van der Waals surface area contributed by atoms with E-state index < -0.39 is 4.92 Å². The molecule has 0 saturated carbocycles. The summed E-state index contributed by atoms with van der Waals surface area (Å²) < 4.78 is 0. The minimum absolute atomic E-state index is 0.104. The van der Waals surface area contributed by atoms with E-state index in [0.29, 0.717) is 29.8 Å². The van der Waals surface area contributed by atoms with Crippen LogP contribution in [0.4, 0.5) is 23.1 Å². The maximum absolute atomic E-state index is 11.5. The van der Waals surface area contributed by atoms with Gasteiger partial charge in [-0.05, 0) is 56.4 Å². The van der Waals surface area contributed by atoms with Gasteiger partial charge in [-0.1, -0.05) is 11.6 Å². The minimum atomic E-state index is -0.445. The van der Waals surface area contributed by atoms with Crippen LogP contribution in [0.25, 0.3) is 0 Å². The number of aromatic nitrogens is 2. The fourth-order valence-electron chi connectivity index (χ4n) is 3.34. The number of benzene rings is 1. The molecule has 1 aliphatic heterocycles. The van der Waals surface area contributed by atoms with Crippen molar-refractivity contribution < 1.29 is 10.0 Å². The molecule has 1 aromatic heterocycles. The predicted molar refractivity (Wildman–Crippen MR) is 105 cm³/mol. The van der Waals surface area contributed by atoms with E-state index in [1.54, 1.807) is 24.3 Å². The Balaban J connectivity index is 1.90. The van der Waals surface area contributed by atoms with E-state index in [1.807, 2.05) is 4.90 Å². The fraction of sp³-hybridized carbons (Fsp3) is 0.444. The molecule has 1 aliphatic rings. The molecule has 3 rings (SSSR count). The van der Waals surface area contributed by atoms with Gasteiger partial charge in [-0.2, -0.15) is 4.98 Å². The Morgan fingerprint density at radius 3 is 2.81 bits per heavy atom. The normalized spacial score (nSPS) is 17.0. The third kappa shape index (κ3) is 4.84. The molecule has 1 saturated heterocycles. The van der Waals surface area contributed by atoms with Crippen molar-refractivity contribution in [2.24, 2.45) is 0 Å². The van der Waals surface area contributed by atoms with Crippen molar-refractivity contribution in [1.29, 1.82) is 0 Å². The van der Waals surface area contributed by atoms with E-state index in [-0.39, 0.29) is 18.3 Å². The number of halogens is 1. The van der Waals surface area contributed by atoms with E-state index >= 15 is 0 Å². The maximum Gasteiger partial charge on any atom is 0.329 e. The molecule has 1 fully saturated rings. The summed E-state index contributed by atoms with van der Waals surface area (Å²) in [7, 11) is 0. The summed E-state index contributed by atoms with van der Waals surface area (Å²) in [6.07, 6.45) is 5.64. The van der Waals surface area contributed by atoms with Crippen molar-refractivity contribution in [2.75, 3.05) is 23.4 Å². The average molecular weight is 392 g/mol. The van der Waals surface area contributed by atoms with Crippen LogP contribution >= 0.6 is 11.6 Å². The van der Waals surface area contributed by atoms with Crippen LogP contribution in [0.3, 0.4) is 0 Å². The van der Waals surface area contributed by atoms with Crippen LogP contribution in [0.5, 0.6) is 0 Å². The number of nitro groups is 1. The molecule has 0 aliphatic carbocycles. The van der Waals surface area contributed by atoms with Gasteiger partial charge in [-0.25, -0.2) is 4.98 Å². The standard InChI is InChI=1S/C18H22ClN5O3/c19-13-6-8-14(9-7-13)21-18-20-12-16(24(26)27)17(22-18)23-10-2-1-4-15(23)5-3-11-25/h6-9,12,15,25H,1-5,10-11H2,(H,20,21,22). The van der Waals surface area contributed by atoms with Crippen molar-refractivity contribution in [3.8, 4) is 0 Å². The first-order valence-electron chi connectivity index (χ1n) is 9.00. The second kappa shape index (κ2) is 8.96. The first-order chi connectivity index (χ1) is 13.1. The summed E-state index contributed by atoms with van der Waals surface area (Å²) in [6, 6.07) is 7.19. The Morgan fingerprint density at radius 2 is 2.11 bits per heavy atom. The summed E-state index contributed by atoms with van der Waals surface area (Å²) in [5, 5.41) is 24.3. The summed E-state index contributed by atoms with van der Waals surface area (Å²) >= 11 is 5.90. The average Bonchev–Trinajstić information content (AvgIpc) is 2.68. The molecule has 0 spiro atoms. The van der Waals surface area contributed by atoms with Crippen LogP contribution in [0, 0.1) is 10.1 Å². The number of hydrogen-bond donors (Lipinski definition) is 2. The molecule has 144 valence electrons. The van der Waals surface area contributed by atoms with Gasteiger partial charge < -0.3 is 15.3 Å². The highest BCUT2D eigenvalue weighted by atomic mass is 35.5. The molecule has 0 amide bonds. The first kappa shape index (κ1) is 19.3. The second-order valence-corrected chi connectivity index (χ2v) is 6.94. The molecule has 0 bridgehead atoms. The van der Waals surface area contributed by atoms with Crippen LogP contribution in [-0.2, 0) is 0 Å². The Bertz CT molecular complexity index is 787. The zero-order valence-corrected chi connectivity index (χ0v) is 15.6.